The molecule has 2 aromatic rings. The minimum Gasteiger partial charge on any atom is -0.289 e. The van der Waals surface area contributed by atoms with E-state index in [9.17, 15) is 18.0 Å². The van der Waals surface area contributed by atoms with E-state index in [1.165, 1.54) is 12.1 Å². The second kappa shape index (κ2) is 5.69. The van der Waals surface area contributed by atoms with Crippen LogP contribution in [0.1, 0.15) is 21.5 Å². The third kappa shape index (κ3) is 3.30. The highest BCUT2D eigenvalue weighted by Gasteiger charge is 2.30. The van der Waals surface area contributed by atoms with Gasteiger partial charge in [0.1, 0.15) is 0 Å². The maximum Gasteiger partial charge on any atom is 0.416 e. The second-order valence-corrected chi connectivity index (χ2v) is 5.74. The summed E-state index contributed by atoms with van der Waals surface area (Å²) in [7, 11) is 0. The van der Waals surface area contributed by atoms with Crippen LogP contribution in [-0.4, -0.2) is 5.78 Å². The number of alkyl halides is 3. The van der Waals surface area contributed by atoms with E-state index in [1.807, 2.05) is 0 Å². The quantitative estimate of drug-likeness (QED) is 0.604. The van der Waals surface area contributed by atoms with E-state index in [2.05, 4.69) is 31.9 Å². The third-order valence-corrected chi connectivity index (χ3v) is 4.54. The number of hydrogen-bond donors (Lipinski definition) is 0. The first kappa shape index (κ1) is 15.3. The molecule has 0 aliphatic rings. The van der Waals surface area contributed by atoms with Crippen LogP contribution in [-0.2, 0) is 6.18 Å². The van der Waals surface area contributed by atoms with Crippen molar-refractivity contribution in [3.63, 3.8) is 0 Å². The smallest absolute Gasteiger partial charge is 0.289 e. The highest BCUT2D eigenvalue weighted by atomic mass is 79.9. The van der Waals surface area contributed by atoms with Gasteiger partial charge in [-0.25, -0.2) is 0 Å². The van der Waals surface area contributed by atoms with Gasteiger partial charge < -0.3 is 0 Å². The fourth-order valence-electron chi connectivity index (χ4n) is 1.61. The largest absolute Gasteiger partial charge is 0.416 e. The van der Waals surface area contributed by atoms with E-state index < -0.39 is 11.7 Å². The molecule has 1 nitrogen and oxygen atoms in total. The molecule has 0 aromatic heterocycles. The summed E-state index contributed by atoms with van der Waals surface area (Å²) in [6.45, 7) is 0. The number of rotatable bonds is 2. The lowest BCUT2D eigenvalue weighted by molar-refractivity contribution is -0.137. The predicted octanol–water partition coefficient (Wildman–Crippen LogP) is 5.46. The zero-order valence-electron chi connectivity index (χ0n) is 9.84. The molecule has 0 aliphatic heterocycles. The average Bonchev–Trinajstić information content (AvgIpc) is 2.40. The summed E-state index contributed by atoms with van der Waals surface area (Å²) < 4.78 is 38.8. The second-order valence-electron chi connectivity index (χ2n) is 4.03. The first-order valence-electron chi connectivity index (χ1n) is 5.46. The number of hydrogen-bond acceptors (Lipinski definition) is 1. The van der Waals surface area contributed by atoms with Crippen molar-refractivity contribution in [1.82, 2.24) is 0 Å². The van der Waals surface area contributed by atoms with Gasteiger partial charge in [-0.1, -0.05) is 12.1 Å². The van der Waals surface area contributed by atoms with E-state index in [0.717, 1.165) is 16.6 Å². The summed E-state index contributed by atoms with van der Waals surface area (Å²) in [6, 6.07) is 9.09. The first-order chi connectivity index (χ1) is 9.29. The van der Waals surface area contributed by atoms with E-state index in [1.54, 1.807) is 18.2 Å². The minimum atomic E-state index is -4.40. The molecule has 6 heteroatoms. The van der Waals surface area contributed by atoms with Crippen LogP contribution in [0.4, 0.5) is 13.2 Å². The number of benzene rings is 2. The lowest BCUT2D eigenvalue weighted by atomic mass is 10.0. The Bertz CT molecular complexity index is 648. The molecule has 0 radical (unpaired) electrons. The summed E-state index contributed by atoms with van der Waals surface area (Å²) in [5, 5.41) is 0. The molecule has 0 saturated heterocycles. The SMILES string of the molecule is O=C(c1ccc(C(F)(F)F)cc1)c1ccc(Br)c(Br)c1. The summed E-state index contributed by atoms with van der Waals surface area (Å²) >= 11 is 6.56. The topological polar surface area (TPSA) is 17.1 Å². The monoisotopic (exact) mass is 406 g/mol. The molecule has 0 bridgehead atoms. The van der Waals surface area contributed by atoms with Crippen LogP contribution in [0.25, 0.3) is 0 Å². The van der Waals surface area contributed by atoms with Gasteiger partial charge in [0.2, 0.25) is 0 Å². The van der Waals surface area contributed by atoms with Gasteiger partial charge >= 0.3 is 6.18 Å². The number of halogens is 5. The lowest BCUT2D eigenvalue weighted by Gasteiger charge is -2.07. The molecule has 0 heterocycles. The van der Waals surface area contributed by atoms with Crippen molar-refractivity contribution in [2.75, 3.05) is 0 Å². The van der Waals surface area contributed by atoms with Gasteiger partial charge in [-0.05, 0) is 62.2 Å². The van der Waals surface area contributed by atoms with E-state index >= 15 is 0 Å². The maximum atomic E-state index is 12.4. The fraction of sp³-hybridized carbons (Fsp3) is 0.0714. The maximum absolute atomic E-state index is 12.4. The first-order valence-corrected chi connectivity index (χ1v) is 7.04. The van der Waals surface area contributed by atoms with Gasteiger partial charge in [0.25, 0.3) is 0 Å². The van der Waals surface area contributed by atoms with Crippen molar-refractivity contribution >= 4 is 37.6 Å². The van der Waals surface area contributed by atoms with Crippen molar-refractivity contribution < 1.29 is 18.0 Å². The average molecular weight is 408 g/mol. The Kier molecular flexibility index (Phi) is 4.34. The zero-order chi connectivity index (χ0) is 14.9. The van der Waals surface area contributed by atoms with Crippen LogP contribution in [0.3, 0.4) is 0 Å². The number of carbonyl (C=O) groups excluding carboxylic acids is 1. The molecular weight excluding hydrogens is 401 g/mol. The number of ketones is 1. The molecule has 0 aliphatic carbocycles. The molecule has 0 saturated carbocycles. The third-order valence-electron chi connectivity index (χ3n) is 2.66. The van der Waals surface area contributed by atoms with Gasteiger partial charge in [-0.2, -0.15) is 13.2 Å². The summed E-state index contributed by atoms with van der Waals surface area (Å²) in [6.07, 6.45) is -4.40. The molecular formula is C14H7Br2F3O. The molecule has 2 rings (SSSR count). The molecule has 0 spiro atoms. The predicted molar refractivity (Wildman–Crippen MR) is 76.7 cm³/mol. The summed E-state index contributed by atoms with van der Waals surface area (Å²) in [5.41, 5.74) is -0.155. The van der Waals surface area contributed by atoms with Crippen LogP contribution in [0.5, 0.6) is 0 Å². The van der Waals surface area contributed by atoms with Crippen molar-refractivity contribution in [3.05, 3.63) is 68.1 Å². The van der Waals surface area contributed by atoms with Crippen molar-refractivity contribution in [2.24, 2.45) is 0 Å². The van der Waals surface area contributed by atoms with Crippen molar-refractivity contribution in [1.29, 1.82) is 0 Å². The van der Waals surface area contributed by atoms with E-state index in [-0.39, 0.29) is 11.3 Å². The minimum absolute atomic E-state index is 0.215. The Morgan fingerprint density at radius 1 is 0.850 bits per heavy atom. The van der Waals surface area contributed by atoms with Gasteiger partial charge in [0.05, 0.1) is 5.56 Å². The Balaban J connectivity index is 2.31. The molecule has 0 unspecified atom stereocenters. The Labute approximate surface area is 130 Å². The van der Waals surface area contributed by atoms with Crippen LogP contribution >= 0.6 is 31.9 Å². The standard InChI is InChI=1S/C14H7Br2F3O/c15-11-6-3-9(7-12(11)16)13(20)8-1-4-10(5-2-8)14(17,18)19/h1-7H. The fourth-order valence-corrected chi connectivity index (χ4v) is 2.24. The summed E-state index contributed by atoms with van der Waals surface area (Å²) in [5.74, 6) is -0.327. The van der Waals surface area contributed by atoms with E-state index in [4.69, 9.17) is 0 Å². The molecule has 0 atom stereocenters. The van der Waals surface area contributed by atoms with Crippen LogP contribution < -0.4 is 0 Å². The highest BCUT2D eigenvalue weighted by Crippen LogP contribution is 2.30. The Morgan fingerprint density at radius 2 is 1.40 bits per heavy atom. The Morgan fingerprint density at radius 3 is 1.90 bits per heavy atom. The van der Waals surface area contributed by atoms with Gasteiger partial charge in [-0.3, -0.25) is 4.79 Å². The summed E-state index contributed by atoms with van der Waals surface area (Å²) in [4.78, 5) is 12.2. The molecule has 2 aromatic carbocycles. The van der Waals surface area contributed by atoms with Crippen LogP contribution in [0.2, 0.25) is 0 Å². The molecule has 0 N–H and O–H groups in total. The Hall–Kier alpha value is -1.14. The number of carbonyl (C=O) groups is 1. The zero-order valence-corrected chi connectivity index (χ0v) is 13.0. The lowest BCUT2D eigenvalue weighted by Crippen LogP contribution is -2.06. The van der Waals surface area contributed by atoms with Crippen molar-refractivity contribution in [3.8, 4) is 0 Å². The molecule has 20 heavy (non-hydrogen) atoms. The van der Waals surface area contributed by atoms with Gasteiger partial charge in [0.15, 0.2) is 5.78 Å². The molecule has 0 amide bonds. The van der Waals surface area contributed by atoms with E-state index in [0.29, 0.717) is 10.0 Å². The van der Waals surface area contributed by atoms with Crippen LogP contribution in [0.15, 0.2) is 51.4 Å². The van der Waals surface area contributed by atoms with Crippen molar-refractivity contribution in [2.45, 2.75) is 6.18 Å². The van der Waals surface area contributed by atoms with Crippen LogP contribution in [0, 0.1) is 0 Å². The molecule has 0 fully saturated rings. The van der Waals surface area contributed by atoms with Gasteiger partial charge in [0, 0.05) is 20.1 Å². The van der Waals surface area contributed by atoms with Gasteiger partial charge in [-0.15, -0.1) is 0 Å². The normalized spacial score (nSPS) is 11.4. The molecule has 104 valence electrons. The highest BCUT2D eigenvalue weighted by molar-refractivity contribution is 9.13.